The molecule has 0 amide bonds. The summed E-state index contributed by atoms with van der Waals surface area (Å²) in [5.74, 6) is -0.463. The topological polar surface area (TPSA) is 57.5 Å². The summed E-state index contributed by atoms with van der Waals surface area (Å²) in [5.41, 5.74) is 2.51. The molecule has 1 aliphatic carbocycles. The number of halogens is 4. The van der Waals surface area contributed by atoms with Crippen LogP contribution in [0.15, 0.2) is 35.4 Å². The first-order valence-electron chi connectivity index (χ1n) is 7.58. The standard InChI is InChI=1S/C19H12Cl4O3/c20-13-5-9(6-14(21)18(13)25)3-11-1-2-12(17(11)24)4-10-7-15(22)19(26)16(23)8-10/h3-8,25-26H,1-2H2/b11-3-,12-4-. The third kappa shape index (κ3) is 3.86. The maximum absolute atomic E-state index is 12.6. The molecule has 0 heterocycles. The van der Waals surface area contributed by atoms with Crippen molar-refractivity contribution >= 4 is 64.3 Å². The van der Waals surface area contributed by atoms with Crippen molar-refractivity contribution in [3.63, 3.8) is 0 Å². The average Bonchev–Trinajstić information content (AvgIpc) is 2.90. The average molecular weight is 430 g/mol. The van der Waals surface area contributed by atoms with Crippen LogP contribution in [0.3, 0.4) is 0 Å². The van der Waals surface area contributed by atoms with Crippen LogP contribution in [0.4, 0.5) is 0 Å². The van der Waals surface area contributed by atoms with Crippen molar-refractivity contribution < 1.29 is 15.0 Å². The second-order valence-electron chi connectivity index (χ2n) is 5.83. The first-order valence-corrected chi connectivity index (χ1v) is 9.09. The number of phenolic OH excluding ortho intramolecular Hbond substituents is 2. The van der Waals surface area contributed by atoms with Crippen LogP contribution in [-0.2, 0) is 4.79 Å². The van der Waals surface area contributed by atoms with Crippen molar-refractivity contribution in [3.8, 4) is 11.5 Å². The Kier molecular flexibility index (Phi) is 5.54. The first-order chi connectivity index (χ1) is 12.3. The van der Waals surface area contributed by atoms with Crippen molar-refractivity contribution in [1.82, 2.24) is 0 Å². The van der Waals surface area contributed by atoms with Gasteiger partial charge in [0.2, 0.25) is 0 Å². The van der Waals surface area contributed by atoms with Crippen molar-refractivity contribution in [2.45, 2.75) is 12.8 Å². The van der Waals surface area contributed by atoms with Gasteiger partial charge >= 0.3 is 0 Å². The monoisotopic (exact) mass is 428 g/mol. The Morgan fingerprint density at radius 3 is 1.31 bits per heavy atom. The molecule has 26 heavy (non-hydrogen) atoms. The van der Waals surface area contributed by atoms with Gasteiger partial charge < -0.3 is 10.2 Å². The fourth-order valence-corrected chi connectivity index (χ4v) is 3.73. The number of allylic oxidation sites excluding steroid dienone is 2. The number of phenols is 2. The number of ketones is 1. The van der Waals surface area contributed by atoms with E-state index >= 15 is 0 Å². The van der Waals surface area contributed by atoms with Gasteiger partial charge in [-0.1, -0.05) is 46.4 Å². The van der Waals surface area contributed by atoms with Gasteiger partial charge in [0.25, 0.3) is 0 Å². The van der Waals surface area contributed by atoms with E-state index in [2.05, 4.69) is 0 Å². The molecular weight excluding hydrogens is 418 g/mol. The van der Waals surface area contributed by atoms with E-state index in [0.29, 0.717) is 35.1 Å². The fourth-order valence-electron chi connectivity index (χ4n) is 2.72. The van der Waals surface area contributed by atoms with E-state index < -0.39 is 0 Å². The molecule has 2 aromatic carbocycles. The number of carbonyl (C=O) groups excluding carboxylic acids is 1. The molecule has 0 aromatic heterocycles. The maximum Gasteiger partial charge on any atom is 0.185 e. The lowest BCUT2D eigenvalue weighted by Gasteiger charge is -2.03. The van der Waals surface area contributed by atoms with Gasteiger partial charge in [0.05, 0.1) is 20.1 Å². The Labute approximate surface area is 170 Å². The summed E-state index contributed by atoms with van der Waals surface area (Å²) < 4.78 is 0. The minimum Gasteiger partial charge on any atom is -0.505 e. The van der Waals surface area contributed by atoms with Crippen LogP contribution in [0.5, 0.6) is 11.5 Å². The molecule has 1 fully saturated rings. The Balaban J connectivity index is 1.91. The number of hydrogen-bond donors (Lipinski definition) is 2. The smallest absolute Gasteiger partial charge is 0.185 e. The Bertz CT molecular complexity index is 853. The second kappa shape index (κ2) is 7.53. The van der Waals surface area contributed by atoms with Crippen molar-refractivity contribution in [2.75, 3.05) is 0 Å². The van der Waals surface area contributed by atoms with E-state index in [1.807, 2.05) is 0 Å². The van der Waals surface area contributed by atoms with Crippen molar-refractivity contribution in [3.05, 3.63) is 66.6 Å². The number of hydrogen-bond acceptors (Lipinski definition) is 3. The van der Waals surface area contributed by atoms with Crippen LogP contribution >= 0.6 is 46.4 Å². The SMILES string of the molecule is O=C1/C(=C\c2cc(Cl)c(O)c(Cl)c2)CC/C1=C/c1cc(Cl)c(O)c(Cl)c1. The summed E-state index contributed by atoms with van der Waals surface area (Å²) in [6, 6.07) is 6.18. The predicted octanol–water partition coefficient (Wildman–Crippen LogP) is 6.54. The lowest BCUT2D eigenvalue weighted by atomic mass is 10.1. The summed E-state index contributed by atoms with van der Waals surface area (Å²) in [4.78, 5) is 12.6. The van der Waals surface area contributed by atoms with Gasteiger partial charge in [-0.2, -0.15) is 0 Å². The van der Waals surface area contributed by atoms with E-state index in [4.69, 9.17) is 46.4 Å². The highest BCUT2D eigenvalue weighted by Gasteiger charge is 2.23. The van der Waals surface area contributed by atoms with Gasteiger partial charge in [0.15, 0.2) is 17.3 Å². The highest BCUT2D eigenvalue weighted by Crippen LogP contribution is 2.37. The normalized spacial score (nSPS) is 17.5. The van der Waals surface area contributed by atoms with Crippen LogP contribution in [0, 0.1) is 0 Å². The summed E-state index contributed by atoms with van der Waals surface area (Å²) in [6.07, 6.45) is 4.55. The molecule has 3 rings (SSSR count). The molecule has 0 bridgehead atoms. The summed E-state index contributed by atoms with van der Waals surface area (Å²) in [6.45, 7) is 0. The molecular formula is C19H12Cl4O3. The van der Waals surface area contributed by atoms with E-state index in [1.54, 1.807) is 36.4 Å². The van der Waals surface area contributed by atoms with Gasteiger partial charge in [-0.05, 0) is 60.4 Å². The molecule has 2 N–H and O–H groups in total. The van der Waals surface area contributed by atoms with E-state index in [0.717, 1.165) is 0 Å². The minimum atomic E-state index is -0.185. The third-order valence-electron chi connectivity index (χ3n) is 4.01. The molecule has 0 atom stereocenters. The van der Waals surface area contributed by atoms with Gasteiger partial charge in [0.1, 0.15) is 0 Å². The molecule has 0 aliphatic heterocycles. The first kappa shape index (κ1) is 19.1. The third-order valence-corrected chi connectivity index (χ3v) is 5.16. The number of Topliss-reactive ketones (excluding diaryl/α,β-unsaturated/α-hetero) is 1. The maximum atomic E-state index is 12.6. The lowest BCUT2D eigenvalue weighted by molar-refractivity contribution is -0.111. The van der Waals surface area contributed by atoms with Gasteiger partial charge in [-0.15, -0.1) is 0 Å². The van der Waals surface area contributed by atoms with Gasteiger partial charge in [-0.3, -0.25) is 4.79 Å². The molecule has 1 saturated carbocycles. The highest BCUT2D eigenvalue weighted by molar-refractivity contribution is 6.38. The summed E-state index contributed by atoms with van der Waals surface area (Å²) >= 11 is 23.7. The Hall–Kier alpha value is -1.65. The molecule has 1 aliphatic rings. The van der Waals surface area contributed by atoms with Crippen LogP contribution < -0.4 is 0 Å². The second-order valence-corrected chi connectivity index (χ2v) is 7.46. The summed E-state index contributed by atoms with van der Waals surface area (Å²) in [5, 5.41) is 19.7. The Morgan fingerprint density at radius 2 is 1.00 bits per heavy atom. The van der Waals surface area contributed by atoms with Gasteiger partial charge in [0, 0.05) is 11.1 Å². The summed E-state index contributed by atoms with van der Waals surface area (Å²) in [7, 11) is 0. The lowest BCUT2D eigenvalue weighted by Crippen LogP contribution is -1.95. The Morgan fingerprint density at radius 1 is 0.692 bits per heavy atom. The predicted molar refractivity (Wildman–Crippen MR) is 106 cm³/mol. The van der Waals surface area contributed by atoms with E-state index in [1.165, 1.54) is 0 Å². The zero-order valence-corrected chi connectivity index (χ0v) is 16.2. The highest BCUT2D eigenvalue weighted by atomic mass is 35.5. The molecule has 0 spiro atoms. The number of benzene rings is 2. The largest absolute Gasteiger partial charge is 0.505 e. The minimum absolute atomic E-state index is 0.0920. The van der Waals surface area contributed by atoms with Gasteiger partial charge in [-0.25, -0.2) is 0 Å². The molecule has 0 radical (unpaired) electrons. The van der Waals surface area contributed by atoms with Crippen molar-refractivity contribution in [1.29, 1.82) is 0 Å². The fraction of sp³-hybridized carbons (Fsp3) is 0.105. The molecule has 0 unspecified atom stereocenters. The molecule has 2 aromatic rings. The van der Waals surface area contributed by atoms with Crippen LogP contribution in [0.2, 0.25) is 20.1 Å². The zero-order chi connectivity index (χ0) is 19.0. The van der Waals surface area contributed by atoms with Crippen LogP contribution in [0.1, 0.15) is 24.0 Å². The van der Waals surface area contributed by atoms with E-state index in [9.17, 15) is 15.0 Å². The molecule has 3 nitrogen and oxygen atoms in total. The van der Waals surface area contributed by atoms with Crippen LogP contribution in [0.25, 0.3) is 12.2 Å². The van der Waals surface area contributed by atoms with Crippen LogP contribution in [-0.4, -0.2) is 16.0 Å². The molecule has 134 valence electrons. The number of aromatic hydroxyl groups is 2. The quantitative estimate of drug-likeness (QED) is 0.532. The van der Waals surface area contributed by atoms with E-state index in [-0.39, 0.29) is 37.4 Å². The molecule has 0 saturated heterocycles. The van der Waals surface area contributed by atoms with Crippen molar-refractivity contribution in [2.24, 2.45) is 0 Å². The number of rotatable bonds is 2. The number of carbonyl (C=O) groups is 1. The zero-order valence-electron chi connectivity index (χ0n) is 13.2. The molecule has 7 heteroatoms.